The summed E-state index contributed by atoms with van der Waals surface area (Å²) in [6, 6.07) is 7.95. The summed E-state index contributed by atoms with van der Waals surface area (Å²) in [5.74, 6) is 0.684. The topological polar surface area (TPSA) is 54.9 Å². The van der Waals surface area contributed by atoms with Crippen LogP contribution in [0.1, 0.15) is 16.9 Å². The number of hydrogen-bond donors (Lipinski definition) is 0. The summed E-state index contributed by atoms with van der Waals surface area (Å²) in [6.07, 6.45) is 4.41. The zero-order valence-corrected chi connectivity index (χ0v) is 19.5. The molecule has 164 valence electrons. The number of morpholine rings is 1. The summed E-state index contributed by atoms with van der Waals surface area (Å²) in [6.45, 7) is 7.08. The van der Waals surface area contributed by atoms with E-state index in [1.54, 1.807) is 40.8 Å². The molecule has 1 fully saturated rings. The van der Waals surface area contributed by atoms with Crippen LogP contribution < -0.4 is 9.64 Å². The Morgan fingerprint density at radius 1 is 1.32 bits per heavy atom. The lowest BCUT2D eigenvalue weighted by Gasteiger charge is -2.27. The van der Waals surface area contributed by atoms with E-state index >= 15 is 0 Å². The van der Waals surface area contributed by atoms with Crippen molar-refractivity contribution in [1.82, 2.24) is 9.88 Å². The van der Waals surface area contributed by atoms with E-state index in [1.165, 1.54) is 0 Å². The zero-order chi connectivity index (χ0) is 21.6. The van der Waals surface area contributed by atoms with E-state index in [9.17, 15) is 4.79 Å². The Balaban J connectivity index is 1.57. The lowest BCUT2D eigenvalue weighted by Crippen LogP contribution is -2.39. The first-order chi connectivity index (χ1) is 15.2. The van der Waals surface area contributed by atoms with Crippen LogP contribution in [0.5, 0.6) is 5.75 Å². The number of nitrogens with zero attached hydrogens (tertiary/aromatic N) is 3. The quantitative estimate of drug-likeness (QED) is 0.468. The van der Waals surface area contributed by atoms with Crippen molar-refractivity contribution in [3.05, 3.63) is 46.2 Å². The van der Waals surface area contributed by atoms with Gasteiger partial charge in [-0.25, -0.2) is 4.98 Å². The van der Waals surface area contributed by atoms with Gasteiger partial charge in [0, 0.05) is 37.1 Å². The van der Waals surface area contributed by atoms with Crippen LogP contribution in [-0.4, -0.2) is 62.3 Å². The Morgan fingerprint density at radius 2 is 2.16 bits per heavy atom. The molecular weight excluding hydrogens is 430 g/mol. The second-order valence-electron chi connectivity index (χ2n) is 7.41. The number of methoxy groups -OCH3 is 1. The maximum atomic E-state index is 13.2. The lowest BCUT2D eigenvalue weighted by atomic mass is 10.2. The molecule has 0 spiro atoms. The molecule has 8 heteroatoms. The summed E-state index contributed by atoms with van der Waals surface area (Å²) < 4.78 is 12.0. The third-order valence-electron chi connectivity index (χ3n) is 5.30. The van der Waals surface area contributed by atoms with Gasteiger partial charge in [-0.2, -0.15) is 0 Å². The fourth-order valence-corrected chi connectivity index (χ4v) is 5.29. The van der Waals surface area contributed by atoms with Gasteiger partial charge in [0.05, 0.1) is 25.0 Å². The van der Waals surface area contributed by atoms with Crippen molar-refractivity contribution in [1.29, 1.82) is 0 Å². The van der Waals surface area contributed by atoms with E-state index in [2.05, 4.69) is 11.8 Å². The molecule has 1 saturated heterocycles. The number of carbonyl (C=O) groups is 1. The van der Waals surface area contributed by atoms with Crippen molar-refractivity contribution >= 4 is 50.0 Å². The average molecular weight is 458 g/mol. The molecule has 0 N–H and O–H groups in total. The fraction of sp³-hybridized carbons (Fsp3) is 0.391. The summed E-state index contributed by atoms with van der Waals surface area (Å²) in [5, 5.41) is 2.72. The minimum absolute atomic E-state index is 0.0500. The van der Waals surface area contributed by atoms with Crippen LogP contribution in [0.3, 0.4) is 0 Å². The van der Waals surface area contributed by atoms with Crippen LogP contribution in [-0.2, 0) is 9.53 Å². The first-order valence-corrected chi connectivity index (χ1v) is 12.1. The number of carbonyl (C=O) groups excluding carboxylic acids is 1. The molecule has 0 atom stereocenters. The number of ether oxygens (including phenoxy) is 2. The molecule has 2 aromatic heterocycles. The molecule has 1 amide bonds. The summed E-state index contributed by atoms with van der Waals surface area (Å²) in [5.41, 5.74) is 1.95. The first-order valence-electron chi connectivity index (χ1n) is 10.4. The highest BCUT2D eigenvalue weighted by molar-refractivity contribution is 7.22. The van der Waals surface area contributed by atoms with Gasteiger partial charge in [-0.05, 0) is 42.5 Å². The maximum absolute atomic E-state index is 13.2. The smallest absolute Gasteiger partial charge is 0.252 e. The summed E-state index contributed by atoms with van der Waals surface area (Å²) >= 11 is 3.16. The average Bonchev–Trinajstić information content (AvgIpc) is 3.47. The number of fused-ring (bicyclic) bond motifs is 1. The Morgan fingerprint density at radius 3 is 2.90 bits per heavy atom. The number of benzene rings is 1. The van der Waals surface area contributed by atoms with Crippen molar-refractivity contribution in [2.24, 2.45) is 0 Å². The molecule has 6 nitrogen and oxygen atoms in total. The zero-order valence-electron chi connectivity index (χ0n) is 17.9. The number of anilines is 1. The molecule has 1 aromatic carbocycles. The molecule has 4 rings (SSSR count). The first kappa shape index (κ1) is 22.0. The molecular formula is C23H27N3O3S2. The van der Waals surface area contributed by atoms with Gasteiger partial charge in [-0.1, -0.05) is 23.5 Å². The van der Waals surface area contributed by atoms with Crippen molar-refractivity contribution < 1.29 is 14.3 Å². The van der Waals surface area contributed by atoms with Crippen LogP contribution in [0.4, 0.5) is 5.13 Å². The number of rotatable bonds is 8. The van der Waals surface area contributed by atoms with Gasteiger partial charge < -0.3 is 9.47 Å². The Bertz CT molecular complexity index is 1040. The van der Waals surface area contributed by atoms with E-state index in [0.29, 0.717) is 11.7 Å². The predicted octanol–water partition coefficient (Wildman–Crippen LogP) is 4.44. The number of aryl methyl sites for hydroxylation is 1. The highest BCUT2D eigenvalue weighted by atomic mass is 32.1. The fourth-order valence-electron chi connectivity index (χ4n) is 3.59. The van der Waals surface area contributed by atoms with E-state index in [-0.39, 0.29) is 5.91 Å². The molecule has 3 heterocycles. The van der Waals surface area contributed by atoms with Crippen molar-refractivity contribution in [2.45, 2.75) is 13.3 Å². The number of thiazole rings is 1. The number of thiophene rings is 1. The minimum atomic E-state index is -0.0500. The van der Waals surface area contributed by atoms with Crippen molar-refractivity contribution in [2.75, 3.05) is 51.4 Å². The summed E-state index contributed by atoms with van der Waals surface area (Å²) in [4.78, 5) is 23.2. The van der Waals surface area contributed by atoms with Crippen LogP contribution in [0, 0.1) is 6.92 Å². The Labute approximate surface area is 190 Å². The van der Waals surface area contributed by atoms with E-state index in [4.69, 9.17) is 14.5 Å². The third kappa shape index (κ3) is 5.33. The van der Waals surface area contributed by atoms with Gasteiger partial charge in [0.25, 0.3) is 5.91 Å². The normalized spacial score (nSPS) is 15.0. The van der Waals surface area contributed by atoms with Crippen molar-refractivity contribution in [3.8, 4) is 5.75 Å². The van der Waals surface area contributed by atoms with Gasteiger partial charge >= 0.3 is 0 Å². The van der Waals surface area contributed by atoms with E-state index in [1.807, 2.05) is 35.7 Å². The maximum Gasteiger partial charge on any atom is 0.252 e. The molecule has 0 aliphatic carbocycles. The van der Waals surface area contributed by atoms with Crippen LogP contribution in [0.2, 0.25) is 0 Å². The largest absolute Gasteiger partial charge is 0.494 e. The highest BCUT2D eigenvalue weighted by Gasteiger charge is 2.21. The van der Waals surface area contributed by atoms with Gasteiger partial charge in [-0.15, -0.1) is 11.3 Å². The molecule has 0 radical (unpaired) electrons. The van der Waals surface area contributed by atoms with E-state index < -0.39 is 0 Å². The van der Waals surface area contributed by atoms with Gasteiger partial charge in [0.15, 0.2) is 5.13 Å². The molecule has 0 saturated carbocycles. The Kier molecular flexibility index (Phi) is 7.34. The third-order valence-corrected chi connectivity index (χ3v) is 7.35. The molecule has 3 aromatic rings. The molecule has 31 heavy (non-hydrogen) atoms. The number of amides is 1. The SMILES string of the molecule is COc1ccc(C)c2sc(N(CCCN3CCOCC3)C(=O)/C=C/c3cccs3)nc12. The lowest BCUT2D eigenvalue weighted by molar-refractivity contribution is -0.114. The minimum Gasteiger partial charge on any atom is -0.494 e. The van der Waals surface area contributed by atoms with E-state index in [0.717, 1.165) is 65.7 Å². The van der Waals surface area contributed by atoms with Gasteiger partial charge in [0.1, 0.15) is 11.3 Å². The second-order valence-corrected chi connectivity index (χ2v) is 9.36. The van der Waals surface area contributed by atoms with Crippen LogP contribution >= 0.6 is 22.7 Å². The van der Waals surface area contributed by atoms with Gasteiger partial charge in [0.2, 0.25) is 0 Å². The number of aromatic nitrogens is 1. The van der Waals surface area contributed by atoms with Crippen LogP contribution in [0.25, 0.3) is 16.3 Å². The molecule has 1 aliphatic rings. The molecule has 1 aliphatic heterocycles. The summed E-state index contributed by atoms with van der Waals surface area (Å²) in [7, 11) is 1.65. The molecule has 0 bridgehead atoms. The van der Waals surface area contributed by atoms with Crippen LogP contribution in [0.15, 0.2) is 35.7 Å². The predicted molar refractivity (Wildman–Crippen MR) is 128 cm³/mol. The monoisotopic (exact) mass is 457 g/mol. The highest BCUT2D eigenvalue weighted by Crippen LogP contribution is 2.36. The second kappa shape index (κ2) is 10.4. The van der Waals surface area contributed by atoms with Gasteiger partial charge in [-0.3, -0.25) is 14.6 Å². The van der Waals surface area contributed by atoms with Crippen molar-refractivity contribution in [3.63, 3.8) is 0 Å². The number of hydrogen-bond acceptors (Lipinski definition) is 7. The standard InChI is InChI=1S/C23H27N3O3S2/c1-17-6-8-19(28-2)21-22(17)31-23(24-21)26(11-4-10-25-12-14-29-15-13-25)20(27)9-7-18-5-3-16-30-18/h3,5-9,16H,4,10-15H2,1-2H3/b9-7+. The molecule has 0 unspecified atom stereocenters. The Hall–Kier alpha value is -2.26.